The Morgan fingerprint density at radius 2 is 1.81 bits per heavy atom. The zero-order valence-corrected chi connectivity index (χ0v) is 20.5. The molecule has 4 heterocycles. The van der Waals surface area contributed by atoms with Crippen LogP contribution in [0.25, 0.3) is 22.0 Å². The van der Waals surface area contributed by atoms with E-state index < -0.39 is 5.41 Å². The molecule has 0 saturated carbocycles. The van der Waals surface area contributed by atoms with Crippen molar-refractivity contribution in [2.24, 2.45) is 5.41 Å². The summed E-state index contributed by atoms with van der Waals surface area (Å²) in [5, 5.41) is 15.7. The first kappa shape index (κ1) is 21.4. The van der Waals surface area contributed by atoms with E-state index in [1.54, 1.807) is 12.1 Å². The summed E-state index contributed by atoms with van der Waals surface area (Å²) in [5.41, 5.74) is 3.23. The minimum atomic E-state index is -0.701. The second-order valence-corrected chi connectivity index (χ2v) is 10.7. The van der Waals surface area contributed by atoms with Crippen molar-refractivity contribution in [3.63, 3.8) is 0 Å². The van der Waals surface area contributed by atoms with E-state index in [0.29, 0.717) is 22.6 Å². The van der Waals surface area contributed by atoms with Crippen molar-refractivity contribution in [3.8, 4) is 11.3 Å². The van der Waals surface area contributed by atoms with Crippen molar-refractivity contribution in [2.45, 2.75) is 32.2 Å². The van der Waals surface area contributed by atoms with E-state index in [-0.39, 0.29) is 23.7 Å². The smallest absolute Gasteiger partial charge is 0.234 e. The minimum Gasteiger partial charge on any atom is -0.306 e. The van der Waals surface area contributed by atoms with Gasteiger partial charge in [-0.05, 0) is 48.9 Å². The monoisotopic (exact) mass is 495 g/mol. The average Bonchev–Trinajstić information content (AvgIpc) is 3.52. The zero-order valence-electron chi connectivity index (χ0n) is 19.7. The molecule has 1 aliphatic carbocycles. The van der Waals surface area contributed by atoms with E-state index in [2.05, 4.69) is 32.2 Å². The summed E-state index contributed by atoms with van der Waals surface area (Å²) in [6.45, 7) is 3.97. The number of hydrogen-bond acceptors (Lipinski definition) is 5. The summed E-state index contributed by atoms with van der Waals surface area (Å²) >= 11 is 1.38. The number of carbonyl (C=O) groups is 1. The minimum absolute atomic E-state index is 0.0144. The largest absolute Gasteiger partial charge is 0.306 e. The van der Waals surface area contributed by atoms with Gasteiger partial charge < -0.3 is 9.88 Å². The Labute approximate surface area is 210 Å². The van der Waals surface area contributed by atoms with E-state index in [4.69, 9.17) is 4.98 Å². The van der Waals surface area contributed by atoms with Gasteiger partial charge in [0.1, 0.15) is 17.5 Å². The Bertz CT molecular complexity index is 1690. The lowest BCUT2D eigenvalue weighted by Gasteiger charge is -2.49. The molecule has 2 aliphatic heterocycles. The third kappa shape index (κ3) is 2.88. The van der Waals surface area contributed by atoms with Crippen LogP contribution in [-0.4, -0.2) is 25.7 Å². The number of nitrogens with zero attached hydrogens (tertiary/aromatic N) is 4. The number of halogens is 1. The molecule has 3 aromatic carbocycles. The molecule has 2 aromatic heterocycles. The zero-order chi connectivity index (χ0) is 24.6. The number of thiazole rings is 1. The van der Waals surface area contributed by atoms with Crippen molar-refractivity contribution in [3.05, 3.63) is 94.6 Å². The van der Waals surface area contributed by atoms with Gasteiger partial charge in [0.2, 0.25) is 5.91 Å². The molecule has 36 heavy (non-hydrogen) atoms. The van der Waals surface area contributed by atoms with Crippen LogP contribution in [0.15, 0.2) is 66.0 Å². The summed E-state index contributed by atoms with van der Waals surface area (Å²) in [5.74, 6) is 1.42. The van der Waals surface area contributed by atoms with E-state index in [1.165, 1.54) is 23.0 Å². The number of rotatable bonds is 3. The third-order valence-corrected chi connectivity index (χ3v) is 8.51. The average molecular weight is 496 g/mol. The molecule has 0 saturated heterocycles. The van der Waals surface area contributed by atoms with Gasteiger partial charge in [-0.2, -0.15) is 0 Å². The second-order valence-electron chi connectivity index (χ2n) is 9.81. The maximum absolute atomic E-state index is 14.3. The molecule has 2 bridgehead atoms. The van der Waals surface area contributed by atoms with Crippen molar-refractivity contribution < 1.29 is 9.18 Å². The standard InChI is InChI=1S/C28H22FN5OS/c1-15-32-33-25-21-13-28(2,24(34(15)25)20-10-6-4-8-17(20)21)26(35)31-27-30-23(14-36-27)19-11-12-22(29)18-9-5-3-7-16(18)19/h3-12,14,21,24H,13H2,1-2H3,(H,30,31,35). The first-order chi connectivity index (χ1) is 17.5. The molecule has 6 nitrogen and oxygen atoms in total. The van der Waals surface area contributed by atoms with Gasteiger partial charge in [-0.15, -0.1) is 21.5 Å². The number of aromatic nitrogens is 4. The van der Waals surface area contributed by atoms with Crippen LogP contribution in [0.4, 0.5) is 9.52 Å². The van der Waals surface area contributed by atoms with Gasteiger partial charge in [-0.25, -0.2) is 9.37 Å². The number of nitrogens with one attached hydrogen (secondary N) is 1. The predicted molar refractivity (Wildman–Crippen MR) is 138 cm³/mol. The summed E-state index contributed by atoms with van der Waals surface area (Å²) in [4.78, 5) is 18.6. The van der Waals surface area contributed by atoms with E-state index in [0.717, 1.165) is 28.2 Å². The molecule has 0 radical (unpaired) electrons. The molecule has 3 atom stereocenters. The van der Waals surface area contributed by atoms with Crippen LogP contribution < -0.4 is 5.32 Å². The number of hydrogen-bond donors (Lipinski definition) is 1. The lowest BCUT2D eigenvalue weighted by Crippen LogP contribution is -2.50. The van der Waals surface area contributed by atoms with E-state index in [9.17, 15) is 9.18 Å². The van der Waals surface area contributed by atoms with Gasteiger partial charge in [0, 0.05) is 22.2 Å². The predicted octanol–water partition coefficient (Wildman–Crippen LogP) is 6.09. The Hall–Kier alpha value is -3.91. The van der Waals surface area contributed by atoms with Crippen molar-refractivity contribution in [1.82, 2.24) is 19.7 Å². The topological polar surface area (TPSA) is 72.7 Å². The van der Waals surface area contributed by atoms with Crippen LogP contribution >= 0.6 is 11.3 Å². The molecular weight excluding hydrogens is 473 g/mol. The van der Waals surface area contributed by atoms with Crippen molar-refractivity contribution >= 4 is 33.1 Å². The highest BCUT2D eigenvalue weighted by molar-refractivity contribution is 7.14. The third-order valence-electron chi connectivity index (χ3n) is 7.75. The van der Waals surface area contributed by atoms with Gasteiger partial charge >= 0.3 is 0 Å². The number of carbonyl (C=O) groups excluding carboxylic acids is 1. The van der Waals surface area contributed by atoms with Crippen LogP contribution in [0, 0.1) is 18.2 Å². The van der Waals surface area contributed by atoms with Crippen LogP contribution in [0.3, 0.4) is 0 Å². The number of aryl methyl sites for hydroxylation is 1. The molecule has 5 aromatic rings. The lowest BCUT2D eigenvalue weighted by molar-refractivity contribution is -0.128. The van der Waals surface area contributed by atoms with Gasteiger partial charge in [0.05, 0.1) is 17.2 Å². The first-order valence-corrected chi connectivity index (χ1v) is 12.8. The van der Waals surface area contributed by atoms with Gasteiger partial charge in [-0.1, -0.05) is 48.5 Å². The molecular formula is C28H22FN5OS. The quantitative estimate of drug-likeness (QED) is 0.329. The Balaban J connectivity index is 1.24. The molecule has 178 valence electrons. The lowest BCUT2D eigenvalue weighted by atomic mass is 9.61. The Morgan fingerprint density at radius 1 is 1.06 bits per heavy atom. The SMILES string of the molecule is Cc1nnc2n1C1c3ccccc3C2CC1(C)C(=O)Nc1nc(-c2ccc(F)c3ccccc23)cs1. The highest BCUT2D eigenvalue weighted by Gasteiger charge is 2.55. The van der Waals surface area contributed by atoms with Crippen LogP contribution in [0.2, 0.25) is 0 Å². The number of fused-ring (bicyclic) bond motifs is 2. The molecule has 8 rings (SSSR count). The summed E-state index contributed by atoms with van der Waals surface area (Å²) < 4.78 is 16.4. The Kier molecular flexibility index (Phi) is 4.48. The van der Waals surface area contributed by atoms with Gasteiger partial charge in [-0.3, -0.25) is 4.79 Å². The van der Waals surface area contributed by atoms with Crippen LogP contribution in [0.1, 0.15) is 48.1 Å². The van der Waals surface area contributed by atoms with Crippen molar-refractivity contribution in [2.75, 3.05) is 5.32 Å². The number of anilines is 1. The summed E-state index contributed by atoms with van der Waals surface area (Å²) in [6, 6.07) is 18.7. The van der Waals surface area contributed by atoms with Gasteiger partial charge in [0.25, 0.3) is 0 Å². The van der Waals surface area contributed by atoms with E-state index in [1.807, 2.05) is 49.6 Å². The first-order valence-electron chi connectivity index (χ1n) is 11.9. The molecule has 0 spiro atoms. The summed E-state index contributed by atoms with van der Waals surface area (Å²) in [6.07, 6.45) is 0.652. The normalized spacial score (nSPS) is 21.9. The maximum atomic E-state index is 14.3. The molecule has 0 fully saturated rings. The molecule has 1 amide bonds. The highest BCUT2D eigenvalue weighted by Crippen LogP contribution is 2.58. The number of benzene rings is 3. The highest BCUT2D eigenvalue weighted by atomic mass is 32.1. The fraction of sp³-hybridized carbons (Fsp3) is 0.214. The molecule has 3 unspecified atom stereocenters. The number of amides is 1. The fourth-order valence-corrected chi connectivity index (χ4v) is 6.77. The molecule has 1 N–H and O–H groups in total. The Morgan fingerprint density at radius 3 is 2.64 bits per heavy atom. The van der Waals surface area contributed by atoms with Gasteiger partial charge in [0.15, 0.2) is 5.13 Å². The van der Waals surface area contributed by atoms with Crippen molar-refractivity contribution in [1.29, 1.82) is 0 Å². The fourth-order valence-electron chi connectivity index (χ4n) is 6.06. The van der Waals surface area contributed by atoms with Crippen LogP contribution in [0.5, 0.6) is 0 Å². The maximum Gasteiger partial charge on any atom is 0.234 e. The van der Waals surface area contributed by atoms with Crippen LogP contribution in [-0.2, 0) is 4.79 Å². The molecule has 3 aliphatic rings. The second kappa shape index (κ2) is 7.54. The van der Waals surface area contributed by atoms with E-state index >= 15 is 0 Å². The summed E-state index contributed by atoms with van der Waals surface area (Å²) in [7, 11) is 0. The molecule has 8 heteroatoms.